The normalized spacial score (nSPS) is 10.5. The molecule has 0 saturated heterocycles. The Morgan fingerprint density at radius 2 is 2.12 bits per heavy atom. The van der Waals surface area contributed by atoms with Crippen molar-refractivity contribution in [3.05, 3.63) is 46.2 Å². The zero-order chi connectivity index (χ0) is 12.3. The maximum atomic E-state index is 6.09. The van der Waals surface area contributed by atoms with Crippen LogP contribution >= 0.6 is 11.3 Å². The highest BCUT2D eigenvalue weighted by Crippen LogP contribution is 2.26. The molecule has 17 heavy (non-hydrogen) atoms. The highest BCUT2D eigenvalue weighted by molar-refractivity contribution is 7.09. The predicted molar refractivity (Wildman–Crippen MR) is 76.6 cm³/mol. The molecule has 90 valence electrons. The SMILES string of the molecule is CCN(Cc1cccs1)c1ccc(C)cc1N. The molecule has 0 radical (unpaired) electrons. The van der Waals surface area contributed by atoms with Gasteiger partial charge in [0.1, 0.15) is 0 Å². The van der Waals surface area contributed by atoms with Gasteiger partial charge in [0.2, 0.25) is 0 Å². The Morgan fingerprint density at radius 3 is 2.71 bits per heavy atom. The third kappa shape index (κ3) is 2.80. The van der Waals surface area contributed by atoms with E-state index in [2.05, 4.69) is 48.4 Å². The number of benzene rings is 1. The number of nitrogens with two attached hydrogens (primary N) is 1. The molecule has 1 aromatic heterocycles. The van der Waals surface area contributed by atoms with Gasteiger partial charge in [0.05, 0.1) is 17.9 Å². The molecule has 0 atom stereocenters. The minimum Gasteiger partial charge on any atom is -0.397 e. The number of anilines is 2. The molecule has 0 aliphatic carbocycles. The van der Waals surface area contributed by atoms with Crippen molar-refractivity contribution in [2.24, 2.45) is 0 Å². The van der Waals surface area contributed by atoms with Crippen molar-refractivity contribution < 1.29 is 0 Å². The quantitative estimate of drug-likeness (QED) is 0.834. The van der Waals surface area contributed by atoms with Crippen molar-refractivity contribution in [3.8, 4) is 0 Å². The second-order valence-electron chi connectivity index (χ2n) is 4.16. The second kappa shape index (κ2) is 5.23. The molecule has 1 aromatic carbocycles. The van der Waals surface area contributed by atoms with Gasteiger partial charge in [0.15, 0.2) is 0 Å². The molecule has 0 spiro atoms. The van der Waals surface area contributed by atoms with Gasteiger partial charge in [0, 0.05) is 11.4 Å². The van der Waals surface area contributed by atoms with Gasteiger partial charge in [0.25, 0.3) is 0 Å². The topological polar surface area (TPSA) is 29.3 Å². The first kappa shape index (κ1) is 12.0. The fourth-order valence-electron chi connectivity index (χ4n) is 1.92. The molecular weight excluding hydrogens is 228 g/mol. The maximum Gasteiger partial charge on any atom is 0.0603 e. The van der Waals surface area contributed by atoms with Gasteiger partial charge in [-0.05, 0) is 43.0 Å². The van der Waals surface area contributed by atoms with Crippen molar-refractivity contribution in [3.63, 3.8) is 0 Å². The summed E-state index contributed by atoms with van der Waals surface area (Å²) in [6.45, 7) is 6.12. The summed E-state index contributed by atoms with van der Waals surface area (Å²) >= 11 is 1.79. The molecule has 1 heterocycles. The first-order valence-electron chi connectivity index (χ1n) is 5.84. The van der Waals surface area contributed by atoms with E-state index >= 15 is 0 Å². The average Bonchev–Trinajstić information content (AvgIpc) is 2.79. The van der Waals surface area contributed by atoms with Gasteiger partial charge in [-0.15, -0.1) is 11.3 Å². The van der Waals surface area contributed by atoms with Crippen LogP contribution in [0.25, 0.3) is 0 Å². The van der Waals surface area contributed by atoms with Crippen molar-refractivity contribution in [1.29, 1.82) is 0 Å². The van der Waals surface area contributed by atoms with Gasteiger partial charge < -0.3 is 10.6 Å². The van der Waals surface area contributed by atoms with Crippen LogP contribution in [0.15, 0.2) is 35.7 Å². The predicted octanol–water partition coefficient (Wildman–Crippen LogP) is 3.67. The lowest BCUT2D eigenvalue weighted by atomic mass is 10.1. The Kier molecular flexibility index (Phi) is 3.69. The van der Waals surface area contributed by atoms with Crippen LogP contribution in [-0.4, -0.2) is 6.54 Å². The van der Waals surface area contributed by atoms with Crippen LogP contribution in [0.1, 0.15) is 17.4 Å². The monoisotopic (exact) mass is 246 g/mol. The summed E-state index contributed by atoms with van der Waals surface area (Å²) in [5.74, 6) is 0. The van der Waals surface area contributed by atoms with Gasteiger partial charge >= 0.3 is 0 Å². The molecule has 0 bridgehead atoms. The van der Waals surface area contributed by atoms with E-state index in [0.717, 1.165) is 24.5 Å². The fraction of sp³-hybridized carbons (Fsp3) is 0.286. The fourth-order valence-corrected chi connectivity index (χ4v) is 2.64. The number of aryl methyl sites for hydroxylation is 1. The summed E-state index contributed by atoms with van der Waals surface area (Å²) in [7, 11) is 0. The van der Waals surface area contributed by atoms with Crippen LogP contribution in [0.2, 0.25) is 0 Å². The molecule has 2 nitrogen and oxygen atoms in total. The molecule has 3 heteroatoms. The summed E-state index contributed by atoms with van der Waals surface area (Å²) in [5.41, 5.74) is 9.29. The van der Waals surface area contributed by atoms with E-state index in [0.29, 0.717) is 0 Å². The zero-order valence-corrected chi connectivity index (χ0v) is 11.1. The maximum absolute atomic E-state index is 6.09. The van der Waals surface area contributed by atoms with Gasteiger partial charge in [-0.25, -0.2) is 0 Å². The summed E-state index contributed by atoms with van der Waals surface area (Å²) in [5, 5.41) is 2.11. The Morgan fingerprint density at radius 1 is 1.29 bits per heavy atom. The summed E-state index contributed by atoms with van der Waals surface area (Å²) < 4.78 is 0. The molecule has 0 fully saturated rings. The van der Waals surface area contributed by atoms with E-state index < -0.39 is 0 Å². The van der Waals surface area contributed by atoms with Crippen LogP contribution in [0, 0.1) is 6.92 Å². The van der Waals surface area contributed by atoms with E-state index in [-0.39, 0.29) is 0 Å². The molecule has 2 N–H and O–H groups in total. The standard InChI is InChI=1S/C14H18N2S/c1-3-16(10-12-5-4-8-17-12)14-7-6-11(2)9-13(14)15/h4-9H,3,10,15H2,1-2H3. The van der Waals surface area contributed by atoms with Crippen molar-refractivity contribution >= 4 is 22.7 Å². The Balaban J connectivity index is 2.23. The Hall–Kier alpha value is -1.48. The Bertz CT molecular complexity index is 477. The van der Waals surface area contributed by atoms with Crippen LogP contribution in [-0.2, 0) is 6.54 Å². The van der Waals surface area contributed by atoms with E-state index in [9.17, 15) is 0 Å². The minimum absolute atomic E-state index is 0.864. The summed E-state index contributed by atoms with van der Waals surface area (Å²) in [4.78, 5) is 3.67. The average molecular weight is 246 g/mol. The van der Waals surface area contributed by atoms with Crippen molar-refractivity contribution in [1.82, 2.24) is 0 Å². The third-order valence-corrected chi connectivity index (χ3v) is 3.69. The first-order valence-corrected chi connectivity index (χ1v) is 6.72. The van der Waals surface area contributed by atoms with Crippen molar-refractivity contribution in [2.45, 2.75) is 20.4 Å². The molecule has 2 rings (SSSR count). The molecule has 0 aliphatic rings. The number of nitrogens with zero attached hydrogens (tertiary/aromatic N) is 1. The number of hydrogen-bond acceptors (Lipinski definition) is 3. The first-order chi connectivity index (χ1) is 8.20. The number of nitrogen functional groups attached to an aromatic ring is 1. The van der Waals surface area contributed by atoms with Gasteiger partial charge in [-0.1, -0.05) is 12.1 Å². The number of thiophene rings is 1. The highest BCUT2D eigenvalue weighted by atomic mass is 32.1. The molecule has 2 aromatic rings. The van der Waals surface area contributed by atoms with Gasteiger partial charge in [-0.3, -0.25) is 0 Å². The van der Waals surface area contributed by atoms with Crippen LogP contribution in [0.4, 0.5) is 11.4 Å². The largest absolute Gasteiger partial charge is 0.397 e. The van der Waals surface area contributed by atoms with Crippen LogP contribution in [0.3, 0.4) is 0 Å². The van der Waals surface area contributed by atoms with Crippen molar-refractivity contribution in [2.75, 3.05) is 17.2 Å². The molecule has 0 unspecified atom stereocenters. The zero-order valence-electron chi connectivity index (χ0n) is 10.3. The number of rotatable bonds is 4. The molecule has 0 saturated carbocycles. The van der Waals surface area contributed by atoms with Gasteiger partial charge in [-0.2, -0.15) is 0 Å². The molecule has 0 amide bonds. The molecule has 0 aliphatic heterocycles. The summed E-state index contributed by atoms with van der Waals surface area (Å²) in [6.07, 6.45) is 0. The summed E-state index contributed by atoms with van der Waals surface area (Å²) in [6, 6.07) is 10.5. The van der Waals surface area contributed by atoms with E-state index in [1.165, 1.54) is 10.4 Å². The van der Waals surface area contributed by atoms with Crippen LogP contribution < -0.4 is 10.6 Å². The highest BCUT2D eigenvalue weighted by Gasteiger charge is 2.09. The second-order valence-corrected chi connectivity index (χ2v) is 5.19. The lowest BCUT2D eigenvalue weighted by Crippen LogP contribution is -2.22. The lowest BCUT2D eigenvalue weighted by Gasteiger charge is -2.24. The minimum atomic E-state index is 0.864. The van der Waals surface area contributed by atoms with E-state index in [1.54, 1.807) is 11.3 Å². The van der Waals surface area contributed by atoms with Crippen LogP contribution in [0.5, 0.6) is 0 Å². The molecular formula is C14H18N2S. The van der Waals surface area contributed by atoms with E-state index in [1.807, 2.05) is 6.07 Å². The lowest BCUT2D eigenvalue weighted by molar-refractivity contribution is 0.844. The number of hydrogen-bond donors (Lipinski definition) is 1. The van der Waals surface area contributed by atoms with E-state index in [4.69, 9.17) is 5.73 Å². The third-order valence-electron chi connectivity index (χ3n) is 2.83. The smallest absolute Gasteiger partial charge is 0.0603 e. The Labute approximate surface area is 107 Å².